The fourth-order valence-corrected chi connectivity index (χ4v) is 2.41. The molecule has 0 aliphatic heterocycles. The van der Waals surface area contributed by atoms with Crippen molar-refractivity contribution in [2.24, 2.45) is 0 Å². The Hall–Kier alpha value is -3.06. The van der Waals surface area contributed by atoms with Crippen molar-refractivity contribution < 1.29 is 19.1 Å². The number of carbonyl (C=O) groups excluding carboxylic acids is 2. The number of para-hydroxylation sites is 2. The molecular formula is C20H25N3O4. The van der Waals surface area contributed by atoms with Crippen LogP contribution in [0.2, 0.25) is 0 Å². The van der Waals surface area contributed by atoms with Gasteiger partial charge in [-0.2, -0.15) is 0 Å². The van der Waals surface area contributed by atoms with Crippen molar-refractivity contribution in [2.45, 2.75) is 6.04 Å². The van der Waals surface area contributed by atoms with Crippen LogP contribution in [0, 0.1) is 0 Å². The molecular weight excluding hydrogens is 346 g/mol. The van der Waals surface area contributed by atoms with E-state index in [1.807, 2.05) is 24.3 Å². The molecule has 144 valence electrons. The van der Waals surface area contributed by atoms with Crippen LogP contribution in [0.4, 0.5) is 10.5 Å². The summed E-state index contributed by atoms with van der Waals surface area (Å²) < 4.78 is 10.6. The van der Waals surface area contributed by atoms with E-state index in [2.05, 4.69) is 10.6 Å². The number of hydrogen-bond acceptors (Lipinski definition) is 4. The molecule has 0 spiro atoms. The van der Waals surface area contributed by atoms with Gasteiger partial charge in [0.05, 0.1) is 12.3 Å². The molecule has 0 bridgehead atoms. The van der Waals surface area contributed by atoms with Crippen LogP contribution in [-0.2, 0) is 9.53 Å². The summed E-state index contributed by atoms with van der Waals surface area (Å²) in [5, 5.41) is 5.48. The molecule has 0 aliphatic rings. The molecule has 0 fully saturated rings. The van der Waals surface area contributed by atoms with Crippen molar-refractivity contribution in [3.63, 3.8) is 0 Å². The summed E-state index contributed by atoms with van der Waals surface area (Å²) >= 11 is 0. The number of nitrogens with zero attached hydrogens (tertiary/aromatic N) is 1. The number of methoxy groups -OCH3 is 1. The Labute approximate surface area is 159 Å². The Kier molecular flexibility index (Phi) is 7.63. The lowest BCUT2D eigenvalue weighted by Gasteiger charge is -2.22. The zero-order valence-corrected chi connectivity index (χ0v) is 15.8. The molecule has 1 atom stereocenters. The SMILES string of the molecule is COCCOc1ccccc1NC(=O)NC(C(=O)N(C)C)c1ccccc1. The van der Waals surface area contributed by atoms with E-state index in [0.717, 1.165) is 0 Å². The van der Waals surface area contributed by atoms with Gasteiger partial charge in [0.2, 0.25) is 5.91 Å². The van der Waals surface area contributed by atoms with Crippen LogP contribution in [-0.4, -0.2) is 51.3 Å². The van der Waals surface area contributed by atoms with Gasteiger partial charge in [-0.25, -0.2) is 4.79 Å². The standard InChI is InChI=1S/C20H25N3O4/c1-23(2)19(24)18(15-9-5-4-6-10-15)22-20(25)21-16-11-7-8-12-17(16)27-14-13-26-3/h4-12,18H,13-14H2,1-3H3,(H2,21,22,25). The lowest BCUT2D eigenvalue weighted by molar-refractivity contribution is -0.130. The molecule has 2 N–H and O–H groups in total. The Balaban J connectivity index is 2.11. The number of amides is 3. The zero-order chi connectivity index (χ0) is 19.6. The van der Waals surface area contributed by atoms with Gasteiger partial charge >= 0.3 is 6.03 Å². The molecule has 3 amide bonds. The van der Waals surface area contributed by atoms with Crippen LogP contribution in [0.25, 0.3) is 0 Å². The number of likely N-dealkylation sites (N-methyl/N-ethyl adjacent to an activating group) is 1. The monoisotopic (exact) mass is 371 g/mol. The van der Waals surface area contributed by atoms with Crippen molar-refractivity contribution in [1.82, 2.24) is 10.2 Å². The highest BCUT2D eigenvalue weighted by Crippen LogP contribution is 2.24. The minimum Gasteiger partial charge on any atom is -0.489 e. The third-order valence-corrected chi connectivity index (χ3v) is 3.78. The van der Waals surface area contributed by atoms with Crippen LogP contribution in [0.1, 0.15) is 11.6 Å². The average molecular weight is 371 g/mol. The molecule has 7 heteroatoms. The summed E-state index contributed by atoms with van der Waals surface area (Å²) in [5.41, 5.74) is 1.21. The van der Waals surface area contributed by atoms with E-state index in [1.165, 1.54) is 4.90 Å². The minimum absolute atomic E-state index is 0.221. The molecule has 0 aromatic heterocycles. The molecule has 0 radical (unpaired) electrons. The Morgan fingerprint density at radius 1 is 1.00 bits per heavy atom. The highest BCUT2D eigenvalue weighted by molar-refractivity contribution is 5.95. The summed E-state index contributed by atoms with van der Waals surface area (Å²) in [6.45, 7) is 0.802. The maximum absolute atomic E-state index is 12.5. The summed E-state index contributed by atoms with van der Waals surface area (Å²) in [5.74, 6) is 0.306. The van der Waals surface area contributed by atoms with Crippen molar-refractivity contribution in [3.05, 3.63) is 60.2 Å². The maximum Gasteiger partial charge on any atom is 0.320 e. The molecule has 1 unspecified atom stereocenters. The van der Waals surface area contributed by atoms with Gasteiger partial charge < -0.3 is 25.0 Å². The first-order valence-corrected chi connectivity index (χ1v) is 8.57. The second-order valence-electron chi connectivity index (χ2n) is 6.01. The number of hydrogen-bond donors (Lipinski definition) is 2. The minimum atomic E-state index is -0.789. The lowest BCUT2D eigenvalue weighted by Crippen LogP contribution is -2.41. The first-order valence-electron chi connectivity index (χ1n) is 8.57. The van der Waals surface area contributed by atoms with E-state index in [4.69, 9.17) is 9.47 Å². The van der Waals surface area contributed by atoms with E-state index >= 15 is 0 Å². The molecule has 2 aromatic rings. The van der Waals surface area contributed by atoms with Crippen LogP contribution >= 0.6 is 0 Å². The first kappa shape index (κ1) is 20.3. The van der Waals surface area contributed by atoms with Gasteiger partial charge in [0.15, 0.2) is 0 Å². The number of anilines is 1. The molecule has 2 rings (SSSR count). The Morgan fingerprint density at radius 2 is 1.67 bits per heavy atom. The summed E-state index contributed by atoms with van der Waals surface area (Å²) in [6.07, 6.45) is 0. The number of urea groups is 1. The van der Waals surface area contributed by atoms with Gasteiger partial charge in [0.25, 0.3) is 0 Å². The number of benzene rings is 2. The van der Waals surface area contributed by atoms with E-state index < -0.39 is 12.1 Å². The smallest absolute Gasteiger partial charge is 0.320 e. The van der Waals surface area contributed by atoms with Gasteiger partial charge in [-0.05, 0) is 17.7 Å². The normalized spacial score (nSPS) is 11.4. The molecule has 0 heterocycles. The average Bonchev–Trinajstić information content (AvgIpc) is 2.67. The number of nitrogens with one attached hydrogen (secondary N) is 2. The predicted molar refractivity (Wildman–Crippen MR) is 104 cm³/mol. The van der Waals surface area contributed by atoms with E-state index in [0.29, 0.717) is 30.2 Å². The Bertz CT molecular complexity index is 750. The van der Waals surface area contributed by atoms with Crippen LogP contribution in [0.5, 0.6) is 5.75 Å². The van der Waals surface area contributed by atoms with Crippen molar-refractivity contribution in [2.75, 3.05) is 39.7 Å². The molecule has 0 aliphatic carbocycles. The van der Waals surface area contributed by atoms with Crippen LogP contribution in [0.3, 0.4) is 0 Å². The number of carbonyl (C=O) groups is 2. The maximum atomic E-state index is 12.5. The van der Waals surface area contributed by atoms with Gasteiger partial charge in [0.1, 0.15) is 18.4 Å². The van der Waals surface area contributed by atoms with Crippen molar-refractivity contribution >= 4 is 17.6 Å². The van der Waals surface area contributed by atoms with E-state index in [1.54, 1.807) is 51.5 Å². The number of rotatable bonds is 8. The Morgan fingerprint density at radius 3 is 2.33 bits per heavy atom. The quantitative estimate of drug-likeness (QED) is 0.699. The summed E-state index contributed by atoms with van der Waals surface area (Å²) in [4.78, 5) is 26.5. The van der Waals surface area contributed by atoms with Crippen molar-refractivity contribution in [3.8, 4) is 5.75 Å². The van der Waals surface area contributed by atoms with Crippen LogP contribution in [0.15, 0.2) is 54.6 Å². The molecule has 2 aromatic carbocycles. The lowest BCUT2D eigenvalue weighted by atomic mass is 10.1. The molecule has 27 heavy (non-hydrogen) atoms. The summed E-state index contributed by atoms with van der Waals surface area (Å²) in [7, 11) is 4.89. The molecule has 0 saturated heterocycles. The number of ether oxygens (including phenoxy) is 2. The van der Waals surface area contributed by atoms with Crippen molar-refractivity contribution in [1.29, 1.82) is 0 Å². The predicted octanol–water partition coefficient (Wildman–Crippen LogP) is 2.66. The second kappa shape index (κ2) is 10.2. The first-order chi connectivity index (χ1) is 13.0. The van der Waals surface area contributed by atoms with Gasteiger partial charge in [-0.3, -0.25) is 4.79 Å². The fourth-order valence-electron chi connectivity index (χ4n) is 2.41. The van der Waals surface area contributed by atoms with Gasteiger partial charge in [-0.15, -0.1) is 0 Å². The summed E-state index contributed by atoms with van der Waals surface area (Å²) in [6, 6.07) is 14.9. The van der Waals surface area contributed by atoms with Crippen LogP contribution < -0.4 is 15.4 Å². The highest BCUT2D eigenvalue weighted by Gasteiger charge is 2.24. The largest absolute Gasteiger partial charge is 0.489 e. The molecule has 0 saturated carbocycles. The third-order valence-electron chi connectivity index (χ3n) is 3.78. The van der Waals surface area contributed by atoms with Gasteiger partial charge in [-0.1, -0.05) is 42.5 Å². The fraction of sp³-hybridized carbons (Fsp3) is 0.300. The second-order valence-corrected chi connectivity index (χ2v) is 6.01. The van der Waals surface area contributed by atoms with E-state index in [9.17, 15) is 9.59 Å². The third kappa shape index (κ3) is 6.00. The van der Waals surface area contributed by atoms with E-state index in [-0.39, 0.29) is 5.91 Å². The topological polar surface area (TPSA) is 79.9 Å². The molecule has 7 nitrogen and oxygen atoms in total. The zero-order valence-electron chi connectivity index (χ0n) is 15.8. The highest BCUT2D eigenvalue weighted by atomic mass is 16.5. The van der Waals surface area contributed by atoms with Gasteiger partial charge in [0, 0.05) is 21.2 Å².